The molecule has 0 spiro atoms. The summed E-state index contributed by atoms with van der Waals surface area (Å²) in [5.74, 6) is 0.616. The van der Waals surface area contributed by atoms with Gasteiger partial charge in [0.2, 0.25) is 0 Å². The fourth-order valence-electron chi connectivity index (χ4n) is 1.55. The minimum absolute atomic E-state index is 0.0446. The first-order chi connectivity index (χ1) is 8.54. The van der Waals surface area contributed by atoms with Gasteiger partial charge >= 0.3 is 0 Å². The molecule has 0 heterocycles. The van der Waals surface area contributed by atoms with E-state index in [4.69, 9.17) is 9.84 Å². The maximum absolute atomic E-state index is 10.7. The highest BCUT2D eigenvalue weighted by Crippen LogP contribution is 2.23. The minimum atomic E-state index is -0.432. The predicted molar refractivity (Wildman–Crippen MR) is 67.7 cm³/mol. The number of non-ortho nitro benzene ring substituents is 1. The summed E-state index contributed by atoms with van der Waals surface area (Å²) in [7, 11) is 1.53. The Morgan fingerprint density at radius 2 is 2.28 bits per heavy atom. The average Bonchev–Trinajstić information content (AvgIpc) is 2.34. The highest BCUT2D eigenvalue weighted by Gasteiger charge is 2.10. The van der Waals surface area contributed by atoms with E-state index in [2.05, 4.69) is 5.32 Å². The highest BCUT2D eigenvalue weighted by molar-refractivity contribution is 5.43. The molecule has 1 rings (SSSR count). The summed E-state index contributed by atoms with van der Waals surface area (Å²) in [6.07, 6.45) is 0.279. The third-order valence-electron chi connectivity index (χ3n) is 2.53. The van der Waals surface area contributed by atoms with Gasteiger partial charge in [-0.3, -0.25) is 10.1 Å². The lowest BCUT2D eigenvalue weighted by Crippen LogP contribution is -2.19. The van der Waals surface area contributed by atoms with Gasteiger partial charge in [-0.25, -0.2) is 0 Å². The Kier molecular flexibility index (Phi) is 5.54. The van der Waals surface area contributed by atoms with Crippen LogP contribution in [0.3, 0.4) is 0 Å². The van der Waals surface area contributed by atoms with Crippen molar-refractivity contribution in [1.82, 2.24) is 5.32 Å². The summed E-state index contributed by atoms with van der Waals surface area (Å²) < 4.78 is 5.15. The second kappa shape index (κ2) is 6.93. The molecule has 0 aliphatic carbocycles. The molecule has 0 aromatic heterocycles. The quantitative estimate of drug-likeness (QED) is 0.437. The summed E-state index contributed by atoms with van der Waals surface area (Å²) in [5, 5.41) is 22.9. The van der Waals surface area contributed by atoms with Crippen molar-refractivity contribution in [2.45, 2.75) is 26.0 Å². The number of nitro groups is 1. The minimum Gasteiger partial charge on any atom is -0.496 e. The molecule has 100 valence electrons. The number of benzene rings is 1. The maximum Gasteiger partial charge on any atom is 0.270 e. The Labute approximate surface area is 106 Å². The third kappa shape index (κ3) is 4.31. The number of aliphatic hydroxyl groups excluding tert-OH is 1. The molecule has 1 unspecified atom stereocenters. The lowest BCUT2D eigenvalue weighted by molar-refractivity contribution is -0.384. The predicted octanol–water partition coefficient (Wildman–Crippen LogP) is 1.46. The molecular weight excluding hydrogens is 236 g/mol. The summed E-state index contributed by atoms with van der Waals surface area (Å²) in [5.41, 5.74) is 0.778. The number of nitrogens with zero attached hydrogens (tertiary/aromatic N) is 1. The molecule has 1 atom stereocenters. The second-order valence-corrected chi connectivity index (χ2v) is 4.07. The topological polar surface area (TPSA) is 84.6 Å². The van der Waals surface area contributed by atoms with Crippen molar-refractivity contribution in [2.24, 2.45) is 0 Å². The van der Waals surface area contributed by atoms with Crippen molar-refractivity contribution in [1.29, 1.82) is 0 Å². The van der Waals surface area contributed by atoms with Gasteiger partial charge in [-0.2, -0.15) is 0 Å². The molecule has 0 aliphatic rings. The molecule has 0 radical (unpaired) electrons. The molecule has 1 aromatic rings. The zero-order valence-electron chi connectivity index (χ0n) is 10.5. The van der Waals surface area contributed by atoms with Crippen LogP contribution >= 0.6 is 0 Å². The summed E-state index contributed by atoms with van der Waals surface area (Å²) >= 11 is 0. The van der Waals surface area contributed by atoms with E-state index in [0.717, 1.165) is 5.56 Å². The van der Waals surface area contributed by atoms with E-state index >= 15 is 0 Å². The van der Waals surface area contributed by atoms with E-state index in [0.29, 0.717) is 25.3 Å². The fraction of sp³-hybridized carbons (Fsp3) is 0.500. The van der Waals surface area contributed by atoms with Crippen LogP contribution < -0.4 is 10.1 Å². The van der Waals surface area contributed by atoms with Crippen molar-refractivity contribution >= 4 is 5.69 Å². The standard InChI is InChI=1S/C12H18N2O4/c1-9(15)5-6-13-8-10-7-11(14(16)17)3-4-12(10)18-2/h3-4,7,9,13,15H,5-6,8H2,1-2H3. The molecule has 0 fully saturated rings. The first-order valence-corrected chi connectivity index (χ1v) is 5.74. The van der Waals surface area contributed by atoms with Gasteiger partial charge in [0.15, 0.2) is 0 Å². The molecule has 0 amide bonds. The average molecular weight is 254 g/mol. The van der Waals surface area contributed by atoms with Crippen LogP contribution in [0, 0.1) is 10.1 Å². The van der Waals surface area contributed by atoms with Gasteiger partial charge in [-0.1, -0.05) is 0 Å². The van der Waals surface area contributed by atoms with Crippen molar-refractivity contribution in [3.63, 3.8) is 0 Å². The van der Waals surface area contributed by atoms with E-state index in [1.54, 1.807) is 13.0 Å². The lowest BCUT2D eigenvalue weighted by atomic mass is 10.1. The van der Waals surface area contributed by atoms with Gasteiger partial charge in [-0.05, 0) is 26.0 Å². The molecule has 1 aromatic carbocycles. The van der Waals surface area contributed by atoms with Gasteiger partial charge in [0.1, 0.15) is 5.75 Å². The Bertz CT molecular complexity index is 407. The number of hydrogen-bond acceptors (Lipinski definition) is 5. The largest absolute Gasteiger partial charge is 0.496 e. The number of rotatable bonds is 7. The SMILES string of the molecule is COc1ccc([N+](=O)[O-])cc1CNCCC(C)O. The monoisotopic (exact) mass is 254 g/mol. The lowest BCUT2D eigenvalue weighted by Gasteiger charge is -2.10. The Balaban J connectivity index is 2.66. The normalized spacial score (nSPS) is 12.2. The van der Waals surface area contributed by atoms with Crippen molar-refractivity contribution < 1.29 is 14.8 Å². The van der Waals surface area contributed by atoms with Crippen LogP contribution in [0.5, 0.6) is 5.75 Å². The van der Waals surface area contributed by atoms with Gasteiger partial charge in [0.25, 0.3) is 5.69 Å². The summed E-state index contributed by atoms with van der Waals surface area (Å²) in [6.45, 7) is 2.83. The Hall–Kier alpha value is -1.66. The van der Waals surface area contributed by atoms with Crippen molar-refractivity contribution in [3.8, 4) is 5.75 Å². The van der Waals surface area contributed by atoms with E-state index in [9.17, 15) is 10.1 Å². The first kappa shape index (κ1) is 14.4. The molecule has 18 heavy (non-hydrogen) atoms. The third-order valence-corrected chi connectivity index (χ3v) is 2.53. The molecule has 0 saturated heterocycles. The van der Waals surface area contributed by atoms with Crippen LogP contribution in [-0.2, 0) is 6.54 Å². The molecule has 0 saturated carbocycles. The fourth-order valence-corrected chi connectivity index (χ4v) is 1.55. The van der Waals surface area contributed by atoms with Crippen molar-refractivity contribution in [2.75, 3.05) is 13.7 Å². The molecule has 2 N–H and O–H groups in total. The molecule has 0 bridgehead atoms. The van der Waals surface area contributed by atoms with E-state index in [1.165, 1.54) is 19.2 Å². The summed E-state index contributed by atoms with van der Waals surface area (Å²) in [6, 6.07) is 4.50. The number of aliphatic hydroxyl groups is 1. The van der Waals surface area contributed by atoms with Crippen LogP contribution in [0.4, 0.5) is 5.69 Å². The van der Waals surface area contributed by atoms with Crippen LogP contribution in [0.25, 0.3) is 0 Å². The number of hydrogen-bond donors (Lipinski definition) is 2. The maximum atomic E-state index is 10.7. The number of methoxy groups -OCH3 is 1. The van der Waals surface area contributed by atoms with E-state index < -0.39 is 4.92 Å². The van der Waals surface area contributed by atoms with Gasteiger partial charge < -0.3 is 15.2 Å². The number of nitro benzene ring substituents is 1. The van der Waals surface area contributed by atoms with Crippen LogP contribution in [0.2, 0.25) is 0 Å². The summed E-state index contributed by atoms with van der Waals surface area (Å²) in [4.78, 5) is 10.3. The molecular formula is C12H18N2O4. The molecule has 0 aliphatic heterocycles. The Morgan fingerprint density at radius 3 is 2.83 bits per heavy atom. The molecule has 6 heteroatoms. The first-order valence-electron chi connectivity index (χ1n) is 5.74. The number of nitrogens with one attached hydrogen (secondary N) is 1. The number of ether oxygens (including phenoxy) is 1. The highest BCUT2D eigenvalue weighted by atomic mass is 16.6. The Morgan fingerprint density at radius 1 is 1.56 bits per heavy atom. The zero-order valence-corrected chi connectivity index (χ0v) is 10.5. The zero-order chi connectivity index (χ0) is 13.5. The second-order valence-electron chi connectivity index (χ2n) is 4.07. The van der Waals surface area contributed by atoms with Crippen molar-refractivity contribution in [3.05, 3.63) is 33.9 Å². The molecule has 6 nitrogen and oxygen atoms in total. The van der Waals surface area contributed by atoms with Gasteiger partial charge in [-0.15, -0.1) is 0 Å². The van der Waals surface area contributed by atoms with Gasteiger partial charge in [0.05, 0.1) is 18.1 Å². The van der Waals surface area contributed by atoms with Crippen LogP contribution in [-0.4, -0.2) is 29.8 Å². The van der Waals surface area contributed by atoms with Crippen LogP contribution in [0.1, 0.15) is 18.9 Å². The van der Waals surface area contributed by atoms with Gasteiger partial charge in [0, 0.05) is 24.2 Å². The van der Waals surface area contributed by atoms with E-state index in [1.807, 2.05) is 0 Å². The smallest absolute Gasteiger partial charge is 0.270 e. The van der Waals surface area contributed by atoms with Crippen LogP contribution in [0.15, 0.2) is 18.2 Å². The van der Waals surface area contributed by atoms with E-state index in [-0.39, 0.29) is 11.8 Å².